The van der Waals surface area contributed by atoms with Gasteiger partial charge in [-0.3, -0.25) is 4.99 Å². The molecular weight excluding hydrogens is 170 g/mol. The van der Waals surface area contributed by atoms with Gasteiger partial charge in [-0.1, -0.05) is 32.1 Å². The molecule has 2 atom stereocenters. The van der Waals surface area contributed by atoms with E-state index < -0.39 is 0 Å². The molecule has 1 nitrogen and oxygen atoms in total. The molecule has 1 aliphatic heterocycles. The van der Waals surface area contributed by atoms with Crippen LogP contribution in [0.15, 0.2) is 29.3 Å². The van der Waals surface area contributed by atoms with Crippen molar-refractivity contribution in [2.75, 3.05) is 0 Å². The largest absolute Gasteiger partial charge is 0.290 e. The highest BCUT2D eigenvalue weighted by molar-refractivity contribution is 5.72. The molecule has 0 amide bonds. The maximum absolute atomic E-state index is 4.46. The minimum atomic E-state index is 0.443. The molecule has 1 heteroatoms. The second-order valence-corrected chi connectivity index (χ2v) is 4.61. The van der Waals surface area contributed by atoms with Crippen LogP contribution in [0.5, 0.6) is 0 Å². The van der Waals surface area contributed by atoms with Crippen LogP contribution in [0, 0.1) is 11.8 Å². The lowest BCUT2D eigenvalue weighted by Gasteiger charge is -2.22. The van der Waals surface area contributed by atoms with Gasteiger partial charge in [-0.15, -0.1) is 0 Å². The number of aliphatic imine (C=N–C) groups is 1. The van der Waals surface area contributed by atoms with Crippen molar-refractivity contribution in [2.24, 2.45) is 16.8 Å². The highest BCUT2D eigenvalue weighted by atomic mass is 14.7. The fourth-order valence-corrected chi connectivity index (χ4v) is 1.87. The molecule has 14 heavy (non-hydrogen) atoms. The van der Waals surface area contributed by atoms with Crippen LogP contribution in [0.4, 0.5) is 0 Å². The molecule has 0 N–H and O–H groups in total. The minimum Gasteiger partial charge on any atom is -0.290 e. The monoisotopic (exact) mass is 191 g/mol. The third-order valence-electron chi connectivity index (χ3n) is 2.87. The van der Waals surface area contributed by atoms with Gasteiger partial charge in [-0.25, -0.2) is 0 Å². The van der Waals surface area contributed by atoms with E-state index in [2.05, 4.69) is 38.4 Å². The zero-order valence-electron chi connectivity index (χ0n) is 9.53. The number of hydrogen-bond donors (Lipinski definition) is 0. The van der Waals surface area contributed by atoms with Crippen LogP contribution in [-0.4, -0.2) is 12.3 Å². The van der Waals surface area contributed by atoms with Gasteiger partial charge in [-0.05, 0) is 37.7 Å². The van der Waals surface area contributed by atoms with Crippen LogP contribution in [0.25, 0.3) is 0 Å². The van der Waals surface area contributed by atoms with E-state index in [1.165, 1.54) is 12.0 Å². The number of rotatable bonds is 1. The van der Waals surface area contributed by atoms with Crippen molar-refractivity contribution in [3.63, 3.8) is 0 Å². The van der Waals surface area contributed by atoms with Gasteiger partial charge in [0.05, 0.1) is 0 Å². The van der Waals surface area contributed by atoms with E-state index in [0.29, 0.717) is 6.04 Å². The van der Waals surface area contributed by atoms with Crippen LogP contribution in [0.2, 0.25) is 0 Å². The van der Waals surface area contributed by atoms with Gasteiger partial charge in [-0.2, -0.15) is 0 Å². The van der Waals surface area contributed by atoms with Gasteiger partial charge in [0.2, 0.25) is 0 Å². The molecule has 1 aliphatic rings. The van der Waals surface area contributed by atoms with Crippen molar-refractivity contribution >= 4 is 6.21 Å². The summed E-state index contributed by atoms with van der Waals surface area (Å²) >= 11 is 0. The topological polar surface area (TPSA) is 12.4 Å². The zero-order chi connectivity index (χ0) is 10.6. The van der Waals surface area contributed by atoms with Gasteiger partial charge in [0, 0.05) is 12.3 Å². The van der Waals surface area contributed by atoms with Crippen molar-refractivity contribution < 1.29 is 0 Å². The third kappa shape index (κ3) is 3.49. The number of hydrogen-bond acceptors (Lipinski definition) is 1. The Morgan fingerprint density at radius 1 is 1.50 bits per heavy atom. The van der Waals surface area contributed by atoms with Crippen LogP contribution >= 0.6 is 0 Å². The maximum atomic E-state index is 4.46. The lowest BCUT2D eigenvalue weighted by Crippen LogP contribution is -2.14. The van der Waals surface area contributed by atoms with E-state index in [4.69, 9.17) is 0 Å². The molecule has 0 aromatic heterocycles. The second kappa shape index (κ2) is 5.14. The SMILES string of the molecule is C=C1/C=C\C=N/C(C)CC(C(C)C)C1. The summed E-state index contributed by atoms with van der Waals surface area (Å²) in [5, 5.41) is 0. The first-order valence-corrected chi connectivity index (χ1v) is 5.47. The Bertz CT molecular complexity index is 248. The lowest BCUT2D eigenvalue weighted by molar-refractivity contribution is 0.339. The Labute approximate surface area is 87.6 Å². The van der Waals surface area contributed by atoms with E-state index in [1.807, 2.05) is 12.3 Å². The highest BCUT2D eigenvalue weighted by Crippen LogP contribution is 2.26. The minimum absolute atomic E-state index is 0.443. The van der Waals surface area contributed by atoms with Gasteiger partial charge in [0.1, 0.15) is 0 Å². The molecule has 0 fully saturated rings. The fourth-order valence-electron chi connectivity index (χ4n) is 1.87. The summed E-state index contributed by atoms with van der Waals surface area (Å²) in [5.41, 5.74) is 1.23. The number of nitrogens with zero attached hydrogens (tertiary/aromatic N) is 1. The Kier molecular flexibility index (Phi) is 4.12. The molecule has 0 aromatic rings. The van der Waals surface area contributed by atoms with E-state index >= 15 is 0 Å². The van der Waals surface area contributed by atoms with Crippen molar-refractivity contribution in [1.29, 1.82) is 0 Å². The van der Waals surface area contributed by atoms with E-state index in [-0.39, 0.29) is 0 Å². The molecule has 0 bridgehead atoms. The Balaban J connectivity index is 2.73. The zero-order valence-corrected chi connectivity index (χ0v) is 9.53. The van der Waals surface area contributed by atoms with Crippen molar-refractivity contribution in [1.82, 2.24) is 0 Å². The van der Waals surface area contributed by atoms with Crippen LogP contribution in [0.3, 0.4) is 0 Å². The van der Waals surface area contributed by atoms with Crippen LogP contribution in [0.1, 0.15) is 33.6 Å². The van der Waals surface area contributed by atoms with Gasteiger partial charge < -0.3 is 0 Å². The number of allylic oxidation sites excluding steroid dienone is 3. The van der Waals surface area contributed by atoms with E-state index in [9.17, 15) is 0 Å². The molecule has 0 aromatic carbocycles. The fraction of sp³-hybridized carbons (Fsp3) is 0.615. The van der Waals surface area contributed by atoms with Gasteiger partial charge >= 0.3 is 0 Å². The smallest absolute Gasteiger partial charge is 0.0474 e. The van der Waals surface area contributed by atoms with Crippen molar-refractivity contribution in [3.8, 4) is 0 Å². The van der Waals surface area contributed by atoms with Gasteiger partial charge in [0.25, 0.3) is 0 Å². The highest BCUT2D eigenvalue weighted by Gasteiger charge is 2.17. The first-order chi connectivity index (χ1) is 6.59. The normalized spacial score (nSPS) is 33.3. The van der Waals surface area contributed by atoms with Crippen LogP contribution in [-0.2, 0) is 0 Å². The lowest BCUT2D eigenvalue weighted by atomic mass is 9.85. The van der Waals surface area contributed by atoms with Gasteiger partial charge in [0.15, 0.2) is 0 Å². The Morgan fingerprint density at radius 2 is 2.21 bits per heavy atom. The molecule has 0 radical (unpaired) electrons. The summed E-state index contributed by atoms with van der Waals surface area (Å²) in [5.74, 6) is 1.44. The molecule has 2 unspecified atom stereocenters. The Hall–Kier alpha value is -0.850. The van der Waals surface area contributed by atoms with Crippen molar-refractivity contribution in [2.45, 2.75) is 39.7 Å². The predicted molar refractivity (Wildman–Crippen MR) is 63.8 cm³/mol. The first kappa shape index (κ1) is 11.2. The summed E-state index contributed by atoms with van der Waals surface area (Å²) in [6.45, 7) is 10.8. The molecule has 1 rings (SSSR count). The first-order valence-electron chi connectivity index (χ1n) is 5.47. The summed E-state index contributed by atoms with van der Waals surface area (Å²) in [6, 6.07) is 0.443. The molecule has 0 aliphatic carbocycles. The molecule has 0 saturated heterocycles. The standard InChI is InChI=1S/C13H21N/c1-10(2)13-8-11(3)6-5-7-14-12(4)9-13/h5-7,10,12-13H,3,8-9H2,1-2,4H3/b6-5-,14-7-. The Morgan fingerprint density at radius 3 is 2.86 bits per heavy atom. The summed E-state index contributed by atoms with van der Waals surface area (Å²) in [4.78, 5) is 4.46. The maximum Gasteiger partial charge on any atom is 0.0474 e. The predicted octanol–water partition coefficient (Wildman–Crippen LogP) is 3.62. The third-order valence-corrected chi connectivity index (χ3v) is 2.87. The molecule has 0 spiro atoms. The summed E-state index contributed by atoms with van der Waals surface area (Å²) < 4.78 is 0. The molecular formula is C13H21N. The summed E-state index contributed by atoms with van der Waals surface area (Å²) in [7, 11) is 0. The van der Waals surface area contributed by atoms with Crippen molar-refractivity contribution in [3.05, 3.63) is 24.3 Å². The second-order valence-electron chi connectivity index (χ2n) is 4.61. The molecule has 0 saturated carbocycles. The quantitative estimate of drug-likeness (QED) is 0.600. The molecule has 78 valence electrons. The average Bonchev–Trinajstić information content (AvgIpc) is 2.17. The average molecular weight is 191 g/mol. The van der Waals surface area contributed by atoms with E-state index in [1.54, 1.807) is 0 Å². The molecule has 1 heterocycles. The van der Waals surface area contributed by atoms with Crippen LogP contribution < -0.4 is 0 Å². The van der Waals surface area contributed by atoms with E-state index in [0.717, 1.165) is 18.3 Å². The summed E-state index contributed by atoms with van der Waals surface area (Å²) in [6.07, 6.45) is 8.27.